The molecular weight excluding hydrogens is 414 g/mol. The molecule has 2 saturated carbocycles. The number of piperidine rings is 1. The lowest BCUT2D eigenvalue weighted by Gasteiger charge is -2.59. The second-order valence-electron chi connectivity index (χ2n) is 10.7. The molecule has 0 radical (unpaired) electrons. The number of ether oxygens (including phenoxy) is 1. The molecule has 170 valence electrons. The Balaban J connectivity index is 1.43. The highest BCUT2D eigenvalue weighted by Crippen LogP contribution is 2.64. The number of carbonyl (C=O) groups is 1. The molecule has 0 amide bonds. The average molecular weight is 444 g/mol. The first-order chi connectivity index (χ1) is 16.0. The summed E-state index contributed by atoms with van der Waals surface area (Å²) in [4.78, 5) is 16.4. The molecule has 1 saturated heterocycles. The number of Topliss-reactive ketones (excluding diaryl/α,β-unsaturated/α-hetero) is 1. The van der Waals surface area contributed by atoms with Gasteiger partial charge in [0.15, 0.2) is 23.4 Å². The second-order valence-corrected chi connectivity index (χ2v) is 10.7. The number of aromatic hydroxyl groups is 1. The van der Waals surface area contributed by atoms with Crippen LogP contribution in [0.3, 0.4) is 0 Å². The van der Waals surface area contributed by atoms with Crippen LogP contribution in [0.15, 0.2) is 48.0 Å². The molecule has 2 heterocycles. The van der Waals surface area contributed by atoms with Crippen molar-refractivity contribution in [1.82, 2.24) is 4.90 Å². The minimum atomic E-state index is -1.12. The van der Waals surface area contributed by atoms with Crippen molar-refractivity contribution in [3.63, 3.8) is 0 Å². The van der Waals surface area contributed by atoms with E-state index in [1.807, 2.05) is 42.5 Å². The van der Waals surface area contributed by atoms with Crippen molar-refractivity contribution >= 4 is 11.9 Å². The maximum atomic E-state index is 13.9. The van der Waals surface area contributed by atoms with Gasteiger partial charge in [-0.3, -0.25) is 9.69 Å². The number of aliphatic hydroxyl groups is 1. The van der Waals surface area contributed by atoms with Crippen LogP contribution in [0.25, 0.3) is 6.08 Å². The highest BCUT2D eigenvalue weighted by molar-refractivity contribution is 6.06. The molecule has 4 atom stereocenters. The van der Waals surface area contributed by atoms with Crippen molar-refractivity contribution in [2.24, 2.45) is 5.92 Å². The van der Waals surface area contributed by atoms with E-state index in [1.54, 1.807) is 6.07 Å². The number of hydrogen-bond donors (Lipinski definition) is 2. The van der Waals surface area contributed by atoms with Crippen molar-refractivity contribution in [3.8, 4) is 11.5 Å². The van der Waals surface area contributed by atoms with Crippen LogP contribution in [0.4, 0.5) is 0 Å². The van der Waals surface area contributed by atoms with Crippen LogP contribution in [-0.4, -0.2) is 51.7 Å². The van der Waals surface area contributed by atoms with E-state index >= 15 is 0 Å². The first-order valence-electron chi connectivity index (χ1n) is 12.3. The lowest BCUT2D eigenvalue weighted by Crippen LogP contribution is -2.74. The SMILES string of the molecule is O=C1/C(=C/c2ccccc2)C[C@@]2(O)[C@H]3CCc4ccc(O)c5c4C2(CCN3CC2CC2)[C@H]1O5. The normalized spacial score (nSPS) is 35.8. The summed E-state index contributed by atoms with van der Waals surface area (Å²) in [7, 11) is 0. The predicted octanol–water partition coefficient (Wildman–Crippen LogP) is 3.61. The molecule has 3 fully saturated rings. The zero-order valence-electron chi connectivity index (χ0n) is 18.7. The van der Waals surface area contributed by atoms with Crippen LogP contribution in [0.5, 0.6) is 11.5 Å². The summed E-state index contributed by atoms with van der Waals surface area (Å²) in [5, 5.41) is 23.5. The minimum absolute atomic E-state index is 0.0364. The van der Waals surface area contributed by atoms with Crippen LogP contribution in [0, 0.1) is 5.92 Å². The topological polar surface area (TPSA) is 70.0 Å². The monoisotopic (exact) mass is 443 g/mol. The quantitative estimate of drug-likeness (QED) is 0.710. The molecule has 1 spiro atoms. The standard InChI is InChI=1S/C28H29NO4/c30-21-10-8-19-9-11-22-28(32)15-20(14-17-4-2-1-3-5-17)24(31)26-27(28,23(19)25(21)33-26)12-13-29(22)16-18-6-7-18/h1-5,8,10,14,18,22,26,30,32H,6-7,9,11-13,15-16H2/b20-14+/t22-,26+,27?,28-/m1/s1. The summed E-state index contributed by atoms with van der Waals surface area (Å²) in [6, 6.07) is 13.5. The summed E-state index contributed by atoms with van der Waals surface area (Å²) in [5.41, 5.74) is 1.66. The third-order valence-corrected chi connectivity index (χ3v) is 8.94. The van der Waals surface area contributed by atoms with Gasteiger partial charge < -0.3 is 14.9 Å². The third-order valence-electron chi connectivity index (χ3n) is 8.94. The van der Waals surface area contributed by atoms with Crippen molar-refractivity contribution in [1.29, 1.82) is 0 Å². The first-order valence-corrected chi connectivity index (χ1v) is 12.3. The Morgan fingerprint density at radius 2 is 1.94 bits per heavy atom. The van der Waals surface area contributed by atoms with Gasteiger partial charge in [0.2, 0.25) is 0 Å². The molecule has 5 aliphatic rings. The number of phenols is 1. The summed E-state index contributed by atoms with van der Waals surface area (Å²) < 4.78 is 6.32. The van der Waals surface area contributed by atoms with Crippen molar-refractivity contribution in [2.75, 3.05) is 13.1 Å². The number of ketones is 1. The van der Waals surface area contributed by atoms with Crippen LogP contribution in [0.2, 0.25) is 0 Å². The molecule has 2 N–H and O–H groups in total. The molecule has 2 aliphatic heterocycles. The van der Waals surface area contributed by atoms with E-state index in [0.29, 0.717) is 24.2 Å². The molecule has 0 aromatic heterocycles. The van der Waals surface area contributed by atoms with Gasteiger partial charge in [0.25, 0.3) is 0 Å². The Kier molecular flexibility index (Phi) is 4.02. The Bertz CT molecular complexity index is 1190. The minimum Gasteiger partial charge on any atom is -0.504 e. The molecule has 2 aromatic rings. The molecule has 3 aliphatic carbocycles. The van der Waals surface area contributed by atoms with E-state index in [-0.39, 0.29) is 17.6 Å². The fourth-order valence-electron chi connectivity index (χ4n) is 7.31. The van der Waals surface area contributed by atoms with E-state index in [9.17, 15) is 15.0 Å². The van der Waals surface area contributed by atoms with Crippen molar-refractivity contribution in [3.05, 3.63) is 64.7 Å². The van der Waals surface area contributed by atoms with E-state index in [1.165, 1.54) is 12.8 Å². The number of benzene rings is 2. The van der Waals surface area contributed by atoms with E-state index in [0.717, 1.165) is 48.5 Å². The van der Waals surface area contributed by atoms with Gasteiger partial charge in [-0.05, 0) is 67.8 Å². The lowest BCUT2D eigenvalue weighted by atomic mass is 9.52. The zero-order valence-corrected chi connectivity index (χ0v) is 18.7. The van der Waals surface area contributed by atoms with Gasteiger partial charge in [-0.25, -0.2) is 0 Å². The average Bonchev–Trinajstić information content (AvgIpc) is 3.55. The van der Waals surface area contributed by atoms with Gasteiger partial charge in [-0.15, -0.1) is 0 Å². The number of rotatable bonds is 3. The summed E-state index contributed by atoms with van der Waals surface area (Å²) in [6.07, 6.45) is 6.33. The summed E-state index contributed by atoms with van der Waals surface area (Å²) in [6.45, 7) is 1.87. The molecule has 7 rings (SSSR count). The highest BCUT2D eigenvalue weighted by Gasteiger charge is 2.73. The number of carbonyl (C=O) groups excluding carboxylic acids is 1. The van der Waals surface area contributed by atoms with Gasteiger partial charge in [0.1, 0.15) is 0 Å². The number of nitrogens with zero attached hydrogens (tertiary/aromatic N) is 1. The van der Waals surface area contributed by atoms with Gasteiger partial charge in [-0.2, -0.15) is 0 Å². The molecular formula is C28H29NO4. The summed E-state index contributed by atoms with van der Waals surface area (Å²) in [5.74, 6) is 1.16. The summed E-state index contributed by atoms with van der Waals surface area (Å²) >= 11 is 0. The Morgan fingerprint density at radius 1 is 1.12 bits per heavy atom. The van der Waals surface area contributed by atoms with Gasteiger partial charge in [-0.1, -0.05) is 36.4 Å². The number of likely N-dealkylation sites (tertiary alicyclic amines) is 1. The molecule has 5 heteroatoms. The van der Waals surface area contributed by atoms with Gasteiger partial charge >= 0.3 is 0 Å². The predicted molar refractivity (Wildman–Crippen MR) is 124 cm³/mol. The third kappa shape index (κ3) is 2.58. The molecule has 5 nitrogen and oxygen atoms in total. The molecule has 33 heavy (non-hydrogen) atoms. The smallest absolute Gasteiger partial charge is 0.200 e. The zero-order chi connectivity index (χ0) is 22.4. The molecule has 2 aromatic carbocycles. The van der Waals surface area contributed by atoms with Crippen LogP contribution < -0.4 is 4.74 Å². The van der Waals surface area contributed by atoms with Gasteiger partial charge in [0, 0.05) is 30.1 Å². The largest absolute Gasteiger partial charge is 0.504 e. The van der Waals surface area contributed by atoms with Crippen LogP contribution in [-0.2, 0) is 16.6 Å². The van der Waals surface area contributed by atoms with Crippen molar-refractivity contribution in [2.45, 2.75) is 61.7 Å². The maximum absolute atomic E-state index is 13.9. The number of aryl methyl sites for hydroxylation is 1. The first kappa shape index (κ1) is 19.8. The lowest BCUT2D eigenvalue weighted by molar-refractivity contribution is -0.175. The molecule has 2 bridgehead atoms. The van der Waals surface area contributed by atoms with Crippen molar-refractivity contribution < 1.29 is 19.7 Å². The van der Waals surface area contributed by atoms with Gasteiger partial charge in [0.05, 0.1) is 11.0 Å². The van der Waals surface area contributed by atoms with Crippen LogP contribution in [0.1, 0.15) is 48.8 Å². The second kappa shape index (κ2) is 6.71. The number of phenolic OH excluding ortho intramolecular Hbond substituents is 1. The van der Waals surface area contributed by atoms with Crippen LogP contribution >= 0.6 is 0 Å². The maximum Gasteiger partial charge on any atom is 0.200 e. The molecule has 1 unspecified atom stereocenters. The number of hydrogen-bond acceptors (Lipinski definition) is 5. The van der Waals surface area contributed by atoms with E-state index < -0.39 is 17.1 Å². The highest BCUT2D eigenvalue weighted by atomic mass is 16.5. The fourth-order valence-corrected chi connectivity index (χ4v) is 7.31. The van der Waals surface area contributed by atoms with E-state index in [2.05, 4.69) is 4.90 Å². The fraction of sp³-hybridized carbons (Fsp3) is 0.464. The van der Waals surface area contributed by atoms with E-state index in [4.69, 9.17) is 4.74 Å². The Hall–Kier alpha value is -2.63. The Morgan fingerprint density at radius 3 is 2.73 bits per heavy atom. The Labute approximate surface area is 193 Å².